The Bertz CT molecular complexity index is 661. The molecule has 1 aromatic rings. The number of hydrogen-bond acceptors (Lipinski definition) is 5. The number of carbonyl (C=O) groups is 3. The number of hydrogen-bond donors (Lipinski definition) is 0. The summed E-state index contributed by atoms with van der Waals surface area (Å²) in [7, 11) is 0. The lowest BCUT2D eigenvalue weighted by Gasteiger charge is -2.44. The van der Waals surface area contributed by atoms with E-state index >= 15 is 0 Å². The Morgan fingerprint density at radius 1 is 1.17 bits per heavy atom. The summed E-state index contributed by atoms with van der Waals surface area (Å²) < 4.78 is 6.13. The van der Waals surface area contributed by atoms with Gasteiger partial charge in [0.1, 0.15) is 11.4 Å². The minimum absolute atomic E-state index is 0.0476. The molecule has 1 saturated heterocycles. The molecule has 3 rings (SSSR count). The molecule has 0 radical (unpaired) electrons. The van der Waals surface area contributed by atoms with Gasteiger partial charge in [-0.25, -0.2) is 0 Å². The molecule has 1 amide bonds. The lowest BCUT2D eigenvalue weighted by Crippen LogP contribution is -2.52. The predicted molar refractivity (Wildman–Crippen MR) is 83.4 cm³/mol. The van der Waals surface area contributed by atoms with E-state index in [0.717, 1.165) is 0 Å². The summed E-state index contributed by atoms with van der Waals surface area (Å²) in [5, 5.41) is 10.4. The van der Waals surface area contributed by atoms with Crippen LogP contribution >= 0.6 is 0 Å². The fourth-order valence-electron chi connectivity index (χ4n) is 3.43. The van der Waals surface area contributed by atoms with Gasteiger partial charge in [-0.05, 0) is 25.0 Å². The number of carbonyl (C=O) groups excluding carboxylic acids is 3. The Labute approximate surface area is 140 Å². The Balaban J connectivity index is 1.58. The molecule has 2 aliphatic heterocycles. The van der Waals surface area contributed by atoms with Crippen molar-refractivity contribution in [2.24, 2.45) is 0 Å². The molecule has 2 heterocycles. The van der Waals surface area contributed by atoms with E-state index < -0.39 is 11.6 Å². The maximum Gasteiger partial charge on any atom is 0.222 e. The smallest absolute Gasteiger partial charge is 0.222 e. The van der Waals surface area contributed by atoms with E-state index in [-0.39, 0.29) is 24.5 Å². The highest BCUT2D eigenvalue weighted by Crippen LogP contribution is 2.39. The molecule has 0 N–H and O–H groups in total. The molecule has 0 atom stereocenters. The molecule has 0 bridgehead atoms. The summed E-state index contributed by atoms with van der Waals surface area (Å²) in [5.74, 6) is -0.463. The van der Waals surface area contributed by atoms with Gasteiger partial charge in [-0.1, -0.05) is 12.1 Å². The van der Waals surface area contributed by atoms with Gasteiger partial charge in [0.25, 0.3) is 0 Å². The molecular formula is C18H20NO5-. The SMILES string of the molecule is O=C([O-])CCCC(=O)N1CCC2(CC1)CC(=O)c1ccccc1O2. The molecule has 6 heteroatoms. The summed E-state index contributed by atoms with van der Waals surface area (Å²) in [5.41, 5.74) is 0.108. The van der Waals surface area contributed by atoms with Gasteiger partial charge in [0.15, 0.2) is 5.78 Å². The topological polar surface area (TPSA) is 86.7 Å². The Kier molecular flexibility index (Phi) is 4.55. The number of Topliss-reactive ketones (excluding diaryl/α,β-unsaturated/α-hetero) is 1. The van der Waals surface area contributed by atoms with Crippen LogP contribution in [-0.4, -0.2) is 41.3 Å². The van der Waals surface area contributed by atoms with Crippen LogP contribution in [0.4, 0.5) is 0 Å². The van der Waals surface area contributed by atoms with E-state index in [4.69, 9.17) is 4.74 Å². The number of ether oxygens (including phenoxy) is 1. The molecule has 0 aromatic heterocycles. The lowest BCUT2D eigenvalue weighted by molar-refractivity contribution is -0.305. The fraction of sp³-hybridized carbons (Fsp3) is 0.500. The van der Waals surface area contributed by atoms with Crippen molar-refractivity contribution in [3.8, 4) is 5.75 Å². The van der Waals surface area contributed by atoms with Crippen molar-refractivity contribution in [1.82, 2.24) is 4.90 Å². The van der Waals surface area contributed by atoms with Gasteiger partial charge in [-0.3, -0.25) is 9.59 Å². The van der Waals surface area contributed by atoms with Crippen LogP contribution in [-0.2, 0) is 9.59 Å². The van der Waals surface area contributed by atoms with Crippen molar-refractivity contribution >= 4 is 17.7 Å². The van der Waals surface area contributed by atoms with Crippen LogP contribution in [0.25, 0.3) is 0 Å². The molecule has 1 aromatic carbocycles. The number of benzene rings is 1. The second-order valence-corrected chi connectivity index (χ2v) is 6.49. The minimum atomic E-state index is -1.13. The second kappa shape index (κ2) is 6.63. The normalized spacial score (nSPS) is 18.8. The summed E-state index contributed by atoms with van der Waals surface area (Å²) >= 11 is 0. The number of rotatable bonds is 4. The third-order valence-corrected chi connectivity index (χ3v) is 4.80. The number of likely N-dealkylation sites (tertiary alicyclic amines) is 1. The first-order valence-electron chi connectivity index (χ1n) is 8.28. The number of amides is 1. The molecule has 2 aliphatic rings. The quantitative estimate of drug-likeness (QED) is 0.820. The molecule has 24 heavy (non-hydrogen) atoms. The van der Waals surface area contributed by atoms with Gasteiger partial charge in [0, 0.05) is 38.3 Å². The van der Waals surface area contributed by atoms with Crippen LogP contribution in [0.5, 0.6) is 5.75 Å². The van der Waals surface area contributed by atoms with Crippen molar-refractivity contribution in [2.75, 3.05) is 13.1 Å². The lowest BCUT2D eigenvalue weighted by atomic mass is 9.82. The first kappa shape index (κ1) is 16.5. The van der Waals surface area contributed by atoms with Gasteiger partial charge in [0.2, 0.25) is 5.91 Å². The van der Waals surface area contributed by atoms with Crippen molar-refractivity contribution in [3.63, 3.8) is 0 Å². The zero-order valence-corrected chi connectivity index (χ0v) is 13.5. The van der Waals surface area contributed by atoms with E-state index in [2.05, 4.69) is 0 Å². The van der Waals surface area contributed by atoms with Gasteiger partial charge < -0.3 is 19.5 Å². The summed E-state index contributed by atoms with van der Waals surface area (Å²) in [6.45, 7) is 1.05. The third-order valence-electron chi connectivity index (χ3n) is 4.80. The van der Waals surface area contributed by atoms with E-state index in [1.807, 2.05) is 18.2 Å². The first-order chi connectivity index (χ1) is 11.5. The first-order valence-corrected chi connectivity index (χ1v) is 8.28. The van der Waals surface area contributed by atoms with Crippen molar-refractivity contribution in [1.29, 1.82) is 0 Å². The number of aliphatic carboxylic acids is 1. The number of ketones is 1. The van der Waals surface area contributed by atoms with Crippen LogP contribution in [0.15, 0.2) is 24.3 Å². The van der Waals surface area contributed by atoms with Crippen molar-refractivity contribution < 1.29 is 24.2 Å². The highest BCUT2D eigenvalue weighted by Gasteiger charge is 2.43. The zero-order valence-electron chi connectivity index (χ0n) is 13.5. The minimum Gasteiger partial charge on any atom is -0.550 e. The number of para-hydroxylation sites is 1. The van der Waals surface area contributed by atoms with Crippen LogP contribution in [0, 0.1) is 0 Å². The van der Waals surface area contributed by atoms with Crippen LogP contribution in [0.2, 0.25) is 0 Å². The molecule has 0 aliphatic carbocycles. The predicted octanol–water partition coefficient (Wildman–Crippen LogP) is 0.933. The Hall–Kier alpha value is -2.37. The molecular weight excluding hydrogens is 310 g/mol. The van der Waals surface area contributed by atoms with Crippen LogP contribution < -0.4 is 9.84 Å². The van der Waals surface area contributed by atoms with Crippen molar-refractivity contribution in [2.45, 2.75) is 44.1 Å². The van der Waals surface area contributed by atoms with E-state index in [9.17, 15) is 19.5 Å². The average molecular weight is 330 g/mol. The standard InChI is InChI=1S/C18H21NO5/c20-14-12-18(24-15-5-2-1-4-13(14)15)8-10-19(11-9-18)16(21)6-3-7-17(22)23/h1-2,4-5H,3,6-12H2,(H,22,23)/p-1. The molecule has 1 spiro atoms. The molecule has 1 fully saturated rings. The molecule has 0 unspecified atom stereocenters. The Morgan fingerprint density at radius 2 is 1.88 bits per heavy atom. The number of carboxylic acids is 1. The zero-order chi connectivity index (χ0) is 17.2. The van der Waals surface area contributed by atoms with Crippen molar-refractivity contribution in [3.05, 3.63) is 29.8 Å². The number of nitrogens with zero attached hydrogens (tertiary/aromatic N) is 1. The van der Waals surface area contributed by atoms with Gasteiger partial charge in [-0.15, -0.1) is 0 Å². The van der Waals surface area contributed by atoms with E-state index in [1.165, 1.54) is 0 Å². The van der Waals surface area contributed by atoms with Crippen LogP contribution in [0.3, 0.4) is 0 Å². The van der Waals surface area contributed by atoms with E-state index in [1.54, 1.807) is 11.0 Å². The number of carboxylic acid groups (broad SMARTS) is 1. The molecule has 0 saturated carbocycles. The van der Waals surface area contributed by atoms with E-state index in [0.29, 0.717) is 50.1 Å². The fourth-order valence-corrected chi connectivity index (χ4v) is 3.43. The number of piperidine rings is 1. The Morgan fingerprint density at radius 3 is 2.58 bits per heavy atom. The van der Waals surface area contributed by atoms with Gasteiger partial charge >= 0.3 is 0 Å². The summed E-state index contributed by atoms with van der Waals surface area (Å²) in [4.78, 5) is 36.6. The molecule has 128 valence electrons. The van der Waals surface area contributed by atoms with Gasteiger partial charge in [-0.2, -0.15) is 0 Å². The monoisotopic (exact) mass is 330 g/mol. The highest BCUT2D eigenvalue weighted by molar-refractivity contribution is 6.00. The summed E-state index contributed by atoms with van der Waals surface area (Å²) in [6.07, 6.45) is 1.97. The highest BCUT2D eigenvalue weighted by atomic mass is 16.5. The van der Waals surface area contributed by atoms with Gasteiger partial charge in [0.05, 0.1) is 12.0 Å². The molecule has 6 nitrogen and oxygen atoms in total. The average Bonchev–Trinajstić information content (AvgIpc) is 2.55. The third kappa shape index (κ3) is 3.42. The largest absolute Gasteiger partial charge is 0.550 e. The number of fused-ring (bicyclic) bond motifs is 1. The second-order valence-electron chi connectivity index (χ2n) is 6.49. The van der Waals surface area contributed by atoms with Crippen LogP contribution in [0.1, 0.15) is 48.9 Å². The summed E-state index contributed by atoms with van der Waals surface area (Å²) in [6, 6.07) is 7.26. The maximum absolute atomic E-state index is 12.4. The maximum atomic E-state index is 12.4.